The van der Waals surface area contributed by atoms with Gasteiger partial charge in [-0.15, -0.1) is 0 Å². The molecule has 1 aromatic heterocycles. The lowest BCUT2D eigenvalue weighted by molar-refractivity contribution is 0.442. The molecule has 0 spiro atoms. The Morgan fingerprint density at radius 3 is 2.45 bits per heavy atom. The Hall–Kier alpha value is -1.61. The van der Waals surface area contributed by atoms with Crippen LogP contribution in [0.5, 0.6) is 0 Å². The maximum Gasteiger partial charge on any atom is 0.0607 e. The molecule has 1 atom stereocenters. The molecule has 0 fully saturated rings. The zero-order valence-corrected chi connectivity index (χ0v) is 12.8. The first-order valence-corrected chi connectivity index (χ1v) is 7.55. The molecule has 0 aliphatic heterocycles. The fraction of sp³-hybridized carbons (Fsp3) is 0.471. The van der Waals surface area contributed by atoms with Crippen molar-refractivity contribution in [1.82, 2.24) is 15.1 Å². The minimum atomic E-state index is 0.314. The van der Waals surface area contributed by atoms with Crippen LogP contribution in [0, 0.1) is 6.92 Å². The van der Waals surface area contributed by atoms with Gasteiger partial charge in [0.2, 0.25) is 0 Å². The highest BCUT2D eigenvalue weighted by Crippen LogP contribution is 2.17. The van der Waals surface area contributed by atoms with Crippen LogP contribution in [0.15, 0.2) is 36.5 Å². The number of likely N-dealkylation sites (N-methyl/N-ethyl adjacent to an activating group) is 1. The minimum Gasteiger partial charge on any atom is -0.309 e. The molecule has 1 aromatic carbocycles. The first-order valence-electron chi connectivity index (χ1n) is 7.55. The molecular weight excluding hydrogens is 246 g/mol. The van der Waals surface area contributed by atoms with E-state index in [1.54, 1.807) is 0 Å². The Kier molecular flexibility index (Phi) is 5.36. The van der Waals surface area contributed by atoms with Crippen molar-refractivity contribution >= 4 is 0 Å². The second-order valence-electron chi connectivity index (χ2n) is 5.26. The van der Waals surface area contributed by atoms with E-state index in [0.29, 0.717) is 6.04 Å². The van der Waals surface area contributed by atoms with Gasteiger partial charge in [-0.05, 0) is 37.1 Å². The number of aryl methyl sites for hydroxylation is 2. The predicted molar refractivity (Wildman–Crippen MR) is 83.8 cm³/mol. The van der Waals surface area contributed by atoms with Gasteiger partial charge in [0.25, 0.3) is 0 Å². The van der Waals surface area contributed by atoms with Gasteiger partial charge in [-0.25, -0.2) is 0 Å². The highest BCUT2D eigenvalue weighted by molar-refractivity contribution is 5.25. The summed E-state index contributed by atoms with van der Waals surface area (Å²) in [4.78, 5) is 0. The van der Waals surface area contributed by atoms with Crippen LogP contribution in [0.4, 0.5) is 0 Å². The Bertz CT molecular complexity index is 513. The first kappa shape index (κ1) is 14.8. The van der Waals surface area contributed by atoms with E-state index in [-0.39, 0.29) is 0 Å². The van der Waals surface area contributed by atoms with Gasteiger partial charge in [0.15, 0.2) is 0 Å². The van der Waals surface area contributed by atoms with Crippen LogP contribution in [0.3, 0.4) is 0 Å². The minimum absolute atomic E-state index is 0.314. The fourth-order valence-corrected chi connectivity index (χ4v) is 2.50. The van der Waals surface area contributed by atoms with Crippen molar-refractivity contribution in [2.24, 2.45) is 0 Å². The lowest BCUT2D eigenvalue weighted by Crippen LogP contribution is -2.26. The molecule has 0 saturated carbocycles. The maximum absolute atomic E-state index is 4.39. The summed E-state index contributed by atoms with van der Waals surface area (Å²) < 4.78 is 2.06. The summed E-state index contributed by atoms with van der Waals surface area (Å²) in [7, 11) is 0. The lowest BCUT2D eigenvalue weighted by atomic mass is 10.0. The smallest absolute Gasteiger partial charge is 0.0607 e. The van der Waals surface area contributed by atoms with Crippen molar-refractivity contribution in [2.45, 2.75) is 46.2 Å². The summed E-state index contributed by atoms with van der Waals surface area (Å²) in [6, 6.07) is 11.4. The van der Waals surface area contributed by atoms with Gasteiger partial charge in [-0.1, -0.05) is 44.5 Å². The molecule has 0 aliphatic carbocycles. The van der Waals surface area contributed by atoms with Crippen LogP contribution in [-0.4, -0.2) is 16.3 Å². The topological polar surface area (TPSA) is 29.9 Å². The van der Waals surface area contributed by atoms with Gasteiger partial charge < -0.3 is 5.32 Å². The quantitative estimate of drug-likeness (QED) is 0.835. The molecule has 2 rings (SSSR count). The van der Waals surface area contributed by atoms with Gasteiger partial charge >= 0.3 is 0 Å². The molecule has 3 nitrogen and oxygen atoms in total. The van der Waals surface area contributed by atoms with E-state index in [1.165, 1.54) is 23.2 Å². The van der Waals surface area contributed by atoms with Crippen molar-refractivity contribution in [3.8, 4) is 0 Å². The van der Waals surface area contributed by atoms with Crippen molar-refractivity contribution in [1.29, 1.82) is 0 Å². The molecule has 3 heteroatoms. The normalized spacial score (nSPS) is 12.6. The molecule has 108 valence electrons. The average molecular weight is 271 g/mol. The zero-order chi connectivity index (χ0) is 14.4. The third-order valence-electron chi connectivity index (χ3n) is 3.66. The largest absolute Gasteiger partial charge is 0.309 e. The van der Waals surface area contributed by atoms with Gasteiger partial charge in [0, 0.05) is 11.9 Å². The van der Waals surface area contributed by atoms with Crippen molar-refractivity contribution in [3.63, 3.8) is 0 Å². The van der Waals surface area contributed by atoms with E-state index in [4.69, 9.17) is 0 Å². The predicted octanol–water partition coefficient (Wildman–Crippen LogP) is 3.49. The van der Waals surface area contributed by atoms with Crippen molar-refractivity contribution < 1.29 is 0 Å². The Morgan fingerprint density at radius 1 is 1.15 bits per heavy atom. The van der Waals surface area contributed by atoms with Gasteiger partial charge in [0.05, 0.1) is 12.6 Å². The number of benzene rings is 1. The standard InChI is InChI=1S/C17H25N3/c1-4-6-15-7-9-16(10-8-15)17(18-5-2)13-20-14(3)11-12-19-20/h7-12,17-18H,4-6,13H2,1-3H3. The summed E-state index contributed by atoms with van der Waals surface area (Å²) in [6.45, 7) is 8.30. The molecule has 0 aliphatic rings. The van der Waals surface area contributed by atoms with E-state index < -0.39 is 0 Å². The van der Waals surface area contributed by atoms with Gasteiger partial charge in [0.1, 0.15) is 0 Å². The van der Waals surface area contributed by atoms with Gasteiger partial charge in [-0.2, -0.15) is 5.10 Å². The summed E-state index contributed by atoms with van der Waals surface area (Å²) in [6.07, 6.45) is 4.22. The lowest BCUT2D eigenvalue weighted by Gasteiger charge is -2.19. The van der Waals surface area contributed by atoms with E-state index >= 15 is 0 Å². The van der Waals surface area contributed by atoms with E-state index in [0.717, 1.165) is 19.5 Å². The van der Waals surface area contributed by atoms with Gasteiger partial charge in [-0.3, -0.25) is 4.68 Å². The summed E-state index contributed by atoms with van der Waals surface area (Å²) in [5, 5.41) is 7.94. The molecule has 1 unspecified atom stereocenters. The SMILES string of the molecule is CCCc1ccc(C(Cn2nccc2C)NCC)cc1. The average Bonchev–Trinajstić information content (AvgIpc) is 2.85. The highest BCUT2D eigenvalue weighted by Gasteiger charge is 2.12. The fourth-order valence-electron chi connectivity index (χ4n) is 2.50. The zero-order valence-electron chi connectivity index (χ0n) is 12.8. The summed E-state index contributed by atoms with van der Waals surface area (Å²) >= 11 is 0. The van der Waals surface area contributed by atoms with E-state index in [9.17, 15) is 0 Å². The third kappa shape index (κ3) is 3.70. The first-order chi connectivity index (χ1) is 9.74. The van der Waals surface area contributed by atoms with Crippen LogP contribution in [-0.2, 0) is 13.0 Å². The molecule has 0 amide bonds. The maximum atomic E-state index is 4.39. The highest BCUT2D eigenvalue weighted by atomic mass is 15.3. The molecule has 1 N–H and O–H groups in total. The molecule has 0 radical (unpaired) electrons. The van der Waals surface area contributed by atoms with E-state index in [2.05, 4.69) is 60.1 Å². The summed E-state index contributed by atoms with van der Waals surface area (Å²) in [5.41, 5.74) is 3.96. The number of rotatable bonds is 7. The molecular formula is C17H25N3. The molecule has 2 aromatic rings. The Labute approximate surface area is 122 Å². The summed E-state index contributed by atoms with van der Waals surface area (Å²) in [5.74, 6) is 0. The van der Waals surface area contributed by atoms with E-state index in [1.807, 2.05) is 12.3 Å². The second-order valence-corrected chi connectivity index (χ2v) is 5.26. The molecule has 20 heavy (non-hydrogen) atoms. The van der Waals surface area contributed by atoms with Crippen LogP contribution in [0.2, 0.25) is 0 Å². The molecule has 0 saturated heterocycles. The third-order valence-corrected chi connectivity index (χ3v) is 3.66. The second kappa shape index (κ2) is 7.25. The number of nitrogens with one attached hydrogen (secondary N) is 1. The van der Waals surface area contributed by atoms with Crippen LogP contribution >= 0.6 is 0 Å². The number of nitrogens with zero attached hydrogens (tertiary/aromatic N) is 2. The Balaban J connectivity index is 2.13. The monoisotopic (exact) mass is 271 g/mol. The van der Waals surface area contributed by atoms with Crippen LogP contribution < -0.4 is 5.32 Å². The molecule has 0 bridgehead atoms. The number of aromatic nitrogens is 2. The molecule has 1 heterocycles. The van der Waals surface area contributed by atoms with Crippen LogP contribution in [0.25, 0.3) is 0 Å². The van der Waals surface area contributed by atoms with Crippen molar-refractivity contribution in [2.75, 3.05) is 6.54 Å². The van der Waals surface area contributed by atoms with Crippen LogP contribution in [0.1, 0.15) is 43.1 Å². The number of hydrogen-bond acceptors (Lipinski definition) is 2. The van der Waals surface area contributed by atoms with Crippen molar-refractivity contribution in [3.05, 3.63) is 53.3 Å². The Morgan fingerprint density at radius 2 is 1.90 bits per heavy atom. The number of hydrogen-bond donors (Lipinski definition) is 1.